The monoisotopic (exact) mass is 536 g/mol. The Morgan fingerprint density at radius 3 is 2.58 bits per heavy atom. The molecule has 1 atom stereocenters. The molecule has 1 aromatic carbocycles. The van der Waals surface area contributed by atoms with Crippen LogP contribution in [0.4, 0.5) is 10.7 Å². The van der Waals surface area contributed by atoms with Crippen LogP contribution in [0.2, 0.25) is 0 Å². The highest BCUT2D eigenvalue weighted by molar-refractivity contribution is 7.89. The molecule has 1 amide bonds. The number of fused-ring (bicyclic) bond motifs is 1. The molecule has 1 aliphatic carbocycles. The Hall–Kier alpha value is -2.87. The predicted octanol–water partition coefficient (Wildman–Crippen LogP) is 2.51. The fraction of sp³-hybridized carbons (Fsp3) is 0.478. The number of hydrogen-bond acceptors (Lipinski definition) is 9. The number of anilines is 1. The van der Waals surface area contributed by atoms with Gasteiger partial charge in [0.15, 0.2) is 4.90 Å². The number of sulfonamides is 1. The molecule has 36 heavy (non-hydrogen) atoms. The molecule has 11 nitrogen and oxygen atoms in total. The van der Waals surface area contributed by atoms with E-state index in [0.717, 1.165) is 29.7 Å². The summed E-state index contributed by atoms with van der Waals surface area (Å²) in [5.74, 6) is -0.261. The van der Waals surface area contributed by atoms with Crippen molar-refractivity contribution in [1.82, 2.24) is 9.21 Å². The molecule has 2 heterocycles. The van der Waals surface area contributed by atoms with Gasteiger partial charge in [0.05, 0.1) is 24.1 Å². The number of carbonyl (C=O) groups excluding carboxylic acids is 2. The number of benzene rings is 1. The van der Waals surface area contributed by atoms with Gasteiger partial charge in [-0.25, -0.2) is 13.2 Å². The summed E-state index contributed by atoms with van der Waals surface area (Å²) >= 11 is 1.41. The van der Waals surface area contributed by atoms with Crippen molar-refractivity contribution in [2.24, 2.45) is 5.92 Å². The second-order valence-electron chi connectivity index (χ2n) is 9.00. The van der Waals surface area contributed by atoms with Crippen molar-refractivity contribution in [3.05, 3.63) is 50.4 Å². The lowest BCUT2D eigenvalue weighted by Crippen LogP contribution is -2.50. The highest BCUT2D eigenvalue weighted by Crippen LogP contribution is 2.40. The van der Waals surface area contributed by atoms with Crippen LogP contribution in [0, 0.1) is 16.0 Å². The summed E-state index contributed by atoms with van der Waals surface area (Å²) in [4.78, 5) is 38.4. The average molecular weight is 537 g/mol. The molecule has 0 radical (unpaired) electrons. The number of para-hydroxylation sites is 1. The van der Waals surface area contributed by atoms with E-state index in [0.29, 0.717) is 16.5 Å². The van der Waals surface area contributed by atoms with Crippen molar-refractivity contribution in [2.45, 2.75) is 31.1 Å². The Labute approximate surface area is 213 Å². The van der Waals surface area contributed by atoms with E-state index in [1.165, 1.54) is 47.0 Å². The first-order chi connectivity index (χ1) is 17.1. The fourth-order valence-electron chi connectivity index (χ4n) is 4.62. The smallest absolute Gasteiger partial charge is 0.341 e. The molecule has 2 aromatic rings. The number of thiophene rings is 1. The molecule has 1 fully saturated rings. The van der Waals surface area contributed by atoms with Gasteiger partial charge < -0.3 is 10.1 Å². The maximum absolute atomic E-state index is 13.0. The molecule has 1 aromatic heterocycles. The third-order valence-electron chi connectivity index (χ3n) is 6.53. The summed E-state index contributed by atoms with van der Waals surface area (Å²) in [6.45, 7) is 2.96. The van der Waals surface area contributed by atoms with E-state index in [2.05, 4.69) is 12.2 Å². The molecular formula is C23H28N4O7S2. The number of rotatable bonds is 7. The van der Waals surface area contributed by atoms with Gasteiger partial charge in [-0.15, -0.1) is 11.3 Å². The highest BCUT2D eigenvalue weighted by atomic mass is 32.2. The number of carbonyl (C=O) groups is 2. The lowest BCUT2D eigenvalue weighted by atomic mass is 9.88. The van der Waals surface area contributed by atoms with Crippen LogP contribution in [0.3, 0.4) is 0 Å². The quantitative estimate of drug-likeness (QED) is 0.324. The molecular weight excluding hydrogens is 508 g/mol. The summed E-state index contributed by atoms with van der Waals surface area (Å²) < 4.78 is 32.2. The Bertz CT molecular complexity index is 1280. The van der Waals surface area contributed by atoms with Crippen molar-refractivity contribution in [3.63, 3.8) is 0 Å². The van der Waals surface area contributed by atoms with Crippen LogP contribution in [-0.2, 0) is 32.4 Å². The molecule has 1 saturated heterocycles. The zero-order valence-corrected chi connectivity index (χ0v) is 21.7. The van der Waals surface area contributed by atoms with Gasteiger partial charge in [-0.05, 0) is 36.8 Å². The van der Waals surface area contributed by atoms with Gasteiger partial charge in [-0.3, -0.25) is 19.8 Å². The Balaban J connectivity index is 1.40. The van der Waals surface area contributed by atoms with E-state index in [-0.39, 0.29) is 43.5 Å². The van der Waals surface area contributed by atoms with Crippen LogP contribution in [0.25, 0.3) is 0 Å². The van der Waals surface area contributed by atoms with Crippen LogP contribution < -0.4 is 5.32 Å². The minimum absolute atomic E-state index is 0.0267. The zero-order valence-electron chi connectivity index (χ0n) is 20.1. The Morgan fingerprint density at radius 2 is 1.92 bits per heavy atom. The zero-order chi connectivity index (χ0) is 26.0. The number of nitrogens with one attached hydrogen (secondary N) is 1. The van der Waals surface area contributed by atoms with E-state index < -0.39 is 26.6 Å². The standard InChI is InChI=1S/C23H28N4O7S2/c1-15-7-8-16-18(13-15)35-22(21(16)23(29)34-2)24-20(28)14-25-9-11-26(12-10-25)36(32,33)19-6-4-3-5-17(19)27(30)31/h3-6,15H,7-14H2,1-2H3,(H,24,28)/t15-/m1/s1. The number of nitro benzene ring substituents is 1. The summed E-state index contributed by atoms with van der Waals surface area (Å²) in [5, 5.41) is 14.6. The average Bonchev–Trinajstić information content (AvgIpc) is 3.20. The maximum atomic E-state index is 13.0. The summed E-state index contributed by atoms with van der Waals surface area (Å²) in [5.41, 5.74) is 0.918. The van der Waals surface area contributed by atoms with Gasteiger partial charge in [0, 0.05) is 37.1 Å². The van der Waals surface area contributed by atoms with Gasteiger partial charge >= 0.3 is 5.97 Å². The maximum Gasteiger partial charge on any atom is 0.341 e. The summed E-state index contributed by atoms with van der Waals surface area (Å²) in [7, 11) is -2.73. The van der Waals surface area contributed by atoms with Crippen molar-refractivity contribution >= 4 is 43.9 Å². The van der Waals surface area contributed by atoms with Crippen molar-refractivity contribution in [1.29, 1.82) is 0 Å². The molecule has 0 spiro atoms. The number of ether oxygens (including phenoxy) is 1. The topological polar surface area (TPSA) is 139 Å². The van der Waals surface area contributed by atoms with Crippen molar-refractivity contribution in [2.75, 3.05) is 45.2 Å². The molecule has 1 aliphatic heterocycles. The number of esters is 1. The first-order valence-electron chi connectivity index (χ1n) is 11.6. The highest BCUT2D eigenvalue weighted by Gasteiger charge is 2.34. The Kier molecular flexibility index (Phi) is 7.73. The lowest BCUT2D eigenvalue weighted by Gasteiger charge is -2.33. The molecule has 4 rings (SSSR count). The van der Waals surface area contributed by atoms with E-state index in [1.807, 2.05) is 4.90 Å². The van der Waals surface area contributed by atoms with Gasteiger partial charge in [0.25, 0.3) is 5.69 Å². The van der Waals surface area contributed by atoms with E-state index in [4.69, 9.17) is 4.74 Å². The van der Waals surface area contributed by atoms with Crippen molar-refractivity contribution in [3.8, 4) is 0 Å². The number of methoxy groups -OCH3 is 1. The van der Waals surface area contributed by atoms with E-state index in [1.54, 1.807) is 0 Å². The molecule has 0 unspecified atom stereocenters. The lowest BCUT2D eigenvalue weighted by molar-refractivity contribution is -0.387. The van der Waals surface area contributed by atoms with Crippen LogP contribution in [0.5, 0.6) is 0 Å². The first kappa shape index (κ1) is 26.2. The van der Waals surface area contributed by atoms with Gasteiger partial charge in [-0.1, -0.05) is 19.1 Å². The van der Waals surface area contributed by atoms with Crippen LogP contribution >= 0.6 is 11.3 Å². The normalized spacial score (nSPS) is 18.9. The van der Waals surface area contributed by atoms with E-state index >= 15 is 0 Å². The second-order valence-corrected chi connectivity index (χ2v) is 12.0. The number of hydrogen-bond donors (Lipinski definition) is 1. The molecule has 2 aliphatic rings. The number of nitrogens with zero attached hydrogens (tertiary/aromatic N) is 3. The van der Waals surface area contributed by atoms with Gasteiger partial charge in [0.2, 0.25) is 15.9 Å². The SMILES string of the molecule is COC(=O)c1c(NC(=O)CN2CCN(S(=O)(=O)c3ccccc3[N+](=O)[O-])CC2)sc2c1CC[C@@H](C)C2. The number of piperazine rings is 1. The van der Waals surface area contributed by atoms with Gasteiger partial charge in [-0.2, -0.15) is 4.31 Å². The fourth-order valence-corrected chi connectivity index (χ4v) is 7.61. The van der Waals surface area contributed by atoms with Gasteiger partial charge in [0.1, 0.15) is 5.00 Å². The third-order valence-corrected chi connectivity index (χ3v) is 9.65. The minimum Gasteiger partial charge on any atom is -0.465 e. The molecule has 0 saturated carbocycles. The van der Waals surface area contributed by atoms with E-state index in [9.17, 15) is 28.1 Å². The van der Waals surface area contributed by atoms with Crippen LogP contribution in [0.1, 0.15) is 34.1 Å². The molecule has 0 bridgehead atoms. The largest absolute Gasteiger partial charge is 0.465 e. The summed E-state index contributed by atoms with van der Waals surface area (Å²) in [6, 6.07) is 5.27. The predicted molar refractivity (Wildman–Crippen MR) is 134 cm³/mol. The van der Waals surface area contributed by atoms with Crippen molar-refractivity contribution < 1.29 is 27.7 Å². The molecule has 194 valence electrons. The van der Waals surface area contributed by atoms with Crippen LogP contribution in [-0.4, -0.2) is 74.3 Å². The minimum atomic E-state index is -4.05. The molecule has 13 heteroatoms. The Morgan fingerprint density at radius 1 is 1.22 bits per heavy atom. The first-order valence-corrected chi connectivity index (χ1v) is 13.9. The molecule has 1 N–H and O–H groups in total. The van der Waals surface area contributed by atoms with Crippen LogP contribution in [0.15, 0.2) is 29.2 Å². The number of nitro groups is 1. The third kappa shape index (κ3) is 5.28. The number of amides is 1. The second kappa shape index (κ2) is 10.6. The summed E-state index contributed by atoms with van der Waals surface area (Å²) in [6.07, 6.45) is 2.60.